The van der Waals surface area contributed by atoms with Crippen molar-refractivity contribution < 1.29 is 18.4 Å². The molecule has 0 bridgehead atoms. The van der Waals surface area contributed by atoms with Gasteiger partial charge in [-0.25, -0.2) is 19.0 Å². The maximum atomic E-state index is 10.7. The molecule has 7 heteroatoms. The van der Waals surface area contributed by atoms with Crippen LogP contribution in [-0.2, 0) is 14.8 Å². The van der Waals surface area contributed by atoms with Gasteiger partial charge in [0.1, 0.15) is 0 Å². The summed E-state index contributed by atoms with van der Waals surface area (Å²) < 4.78 is 21.5. The molecule has 1 amide bonds. The van der Waals surface area contributed by atoms with Gasteiger partial charge in [0.2, 0.25) is 10.0 Å². The van der Waals surface area contributed by atoms with E-state index < -0.39 is 21.2 Å². The number of nitrogens with two attached hydrogens (primary N) is 1. The first-order valence-electron chi connectivity index (χ1n) is 3.39. The largest absolute Gasteiger partial charge is 0.289 e. The highest BCUT2D eigenvalue weighted by atomic mass is 32.2. The Bertz CT molecular complexity index is 248. The van der Waals surface area contributed by atoms with E-state index in [0.29, 0.717) is 6.42 Å². The molecule has 0 aliphatic heterocycles. The fourth-order valence-corrected chi connectivity index (χ4v) is 1.69. The van der Waals surface area contributed by atoms with Crippen LogP contribution in [0.15, 0.2) is 0 Å². The Morgan fingerprint density at radius 1 is 1.67 bits per heavy atom. The summed E-state index contributed by atoms with van der Waals surface area (Å²) in [7, 11) is -3.91. The minimum absolute atomic E-state index is 0.102. The summed E-state index contributed by atoms with van der Waals surface area (Å²) in [5.74, 6) is -0.987. The standard InChI is InChI=1S/C5H12N2O4S/c1-2-3-4(5(8)7-9)12(6,10)11/h4,9H,2-3H2,1H3,(H,7,8)(H2,6,10,11). The number of sulfonamides is 1. The topological polar surface area (TPSA) is 109 Å². The van der Waals surface area contributed by atoms with Crippen LogP contribution in [0.3, 0.4) is 0 Å². The number of amides is 1. The Hall–Kier alpha value is -0.660. The maximum Gasteiger partial charge on any atom is 0.263 e. The van der Waals surface area contributed by atoms with E-state index in [1.807, 2.05) is 0 Å². The molecule has 6 nitrogen and oxygen atoms in total. The lowest BCUT2D eigenvalue weighted by atomic mass is 10.2. The first kappa shape index (κ1) is 11.3. The summed E-state index contributed by atoms with van der Waals surface area (Å²) in [6.07, 6.45) is 0.597. The van der Waals surface area contributed by atoms with Crippen molar-refractivity contribution in [3.05, 3.63) is 0 Å². The number of nitrogens with one attached hydrogen (secondary N) is 1. The third-order valence-electron chi connectivity index (χ3n) is 1.35. The van der Waals surface area contributed by atoms with Gasteiger partial charge in [-0.3, -0.25) is 10.0 Å². The maximum absolute atomic E-state index is 10.7. The van der Waals surface area contributed by atoms with E-state index in [1.54, 1.807) is 6.92 Å². The van der Waals surface area contributed by atoms with Gasteiger partial charge in [-0.2, -0.15) is 0 Å². The molecule has 1 unspecified atom stereocenters. The highest BCUT2D eigenvalue weighted by molar-refractivity contribution is 7.90. The van der Waals surface area contributed by atoms with Crippen LogP contribution in [0.1, 0.15) is 19.8 Å². The van der Waals surface area contributed by atoms with Crippen LogP contribution in [-0.4, -0.2) is 24.8 Å². The lowest BCUT2D eigenvalue weighted by Gasteiger charge is -2.10. The molecular weight excluding hydrogens is 184 g/mol. The number of hydrogen-bond donors (Lipinski definition) is 3. The molecular formula is C5H12N2O4S. The minimum atomic E-state index is -3.91. The summed E-state index contributed by atoms with van der Waals surface area (Å²) in [5.41, 5.74) is 1.26. The zero-order valence-corrected chi connectivity index (χ0v) is 7.47. The predicted octanol–water partition coefficient (Wildman–Crippen LogP) is -1.05. The lowest BCUT2D eigenvalue weighted by Crippen LogP contribution is -2.41. The van der Waals surface area contributed by atoms with Gasteiger partial charge in [-0.1, -0.05) is 13.3 Å². The van der Waals surface area contributed by atoms with Crippen molar-refractivity contribution in [1.29, 1.82) is 0 Å². The second-order valence-corrected chi connectivity index (χ2v) is 4.09. The predicted molar refractivity (Wildman–Crippen MR) is 41.7 cm³/mol. The highest BCUT2D eigenvalue weighted by Crippen LogP contribution is 2.04. The normalized spacial score (nSPS) is 13.9. The van der Waals surface area contributed by atoms with Crippen molar-refractivity contribution in [2.75, 3.05) is 0 Å². The highest BCUT2D eigenvalue weighted by Gasteiger charge is 2.28. The van der Waals surface area contributed by atoms with E-state index in [2.05, 4.69) is 0 Å². The summed E-state index contributed by atoms with van der Waals surface area (Å²) in [5, 5.41) is 11.6. The van der Waals surface area contributed by atoms with E-state index >= 15 is 0 Å². The lowest BCUT2D eigenvalue weighted by molar-refractivity contribution is -0.128. The molecule has 1 atom stereocenters. The van der Waals surface area contributed by atoms with Crippen LogP contribution in [0.5, 0.6) is 0 Å². The molecule has 0 saturated heterocycles. The second kappa shape index (κ2) is 4.39. The van der Waals surface area contributed by atoms with Gasteiger partial charge in [-0.15, -0.1) is 0 Å². The molecule has 0 aromatic carbocycles. The quantitative estimate of drug-likeness (QED) is 0.393. The van der Waals surface area contributed by atoms with Gasteiger partial charge < -0.3 is 0 Å². The number of hydrogen-bond acceptors (Lipinski definition) is 4. The number of carbonyl (C=O) groups is 1. The Balaban J connectivity index is 4.56. The third kappa shape index (κ3) is 3.16. The fraction of sp³-hybridized carbons (Fsp3) is 0.800. The van der Waals surface area contributed by atoms with Gasteiger partial charge in [0.05, 0.1) is 0 Å². The van der Waals surface area contributed by atoms with Crippen molar-refractivity contribution >= 4 is 15.9 Å². The molecule has 0 fully saturated rings. The molecule has 12 heavy (non-hydrogen) atoms. The summed E-state index contributed by atoms with van der Waals surface area (Å²) in [6, 6.07) is 0. The average molecular weight is 196 g/mol. The summed E-state index contributed by atoms with van der Waals surface area (Å²) in [6.45, 7) is 1.71. The van der Waals surface area contributed by atoms with Crippen molar-refractivity contribution in [3.8, 4) is 0 Å². The van der Waals surface area contributed by atoms with Crippen molar-refractivity contribution in [2.45, 2.75) is 25.0 Å². The fourth-order valence-electron chi connectivity index (χ4n) is 0.779. The molecule has 0 aliphatic carbocycles. The van der Waals surface area contributed by atoms with Crippen LogP contribution in [0.25, 0.3) is 0 Å². The first-order valence-corrected chi connectivity index (χ1v) is 5.00. The minimum Gasteiger partial charge on any atom is -0.289 e. The summed E-state index contributed by atoms with van der Waals surface area (Å²) >= 11 is 0. The molecule has 0 aromatic heterocycles. The van der Waals surface area contributed by atoms with E-state index in [4.69, 9.17) is 10.3 Å². The second-order valence-electron chi connectivity index (χ2n) is 2.34. The van der Waals surface area contributed by atoms with Crippen LogP contribution in [0.4, 0.5) is 0 Å². The molecule has 0 aliphatic rings. The molecule has 0 heterocycles. The van der Waals surface area contributed by atoms with E-state index in [-0.39, 0.29) is 6.42 Å². The van der Waals surface area contributed by atoms with E-state index in [0.717, 1.165) is 0 Å². The van der Waals surface area contributed by atoms with Gasteiger partial charge in [0, 0.05) is 0 Å². The van der Waals surface area contributed by atoms with Crippen molar-refractivity contribution in [1.82, 2.24) is 5.48 Å². The van der Waals surface area contributed by atoms with Gasteiger partial charge in [0.15, 0.2) is 5.25 Å². The number of carbonyl (C=O) groups excluding carboxylic acids is 1. The summed E-state index contributed by atoms with van der Waals surface area (Å²) in [4.78, 5) is 10.7. The molecule has 0 aromatic rings. The Labute approximate surface area is 70.8 Å². The zero-order valence-electron chi connectivity index (χ0n) is 6.65. The average Bonchev–Trinajstić information content (AvgIpc) is 1.96. The number of primary sulfonamides is 1. The molecule has 0 spiro atoms. The monoisotopic (exact) mass is 196 g/mol. The zero-order chi connectivity index (χ0) is 9.78. The molecule has 4 N–H and O–H groups in total. The number of rotatable bonds is 4. The van der Waals surface area contributed by atoms with Crippen molar-refractivity contribution in [2.24, 2.45) is 5.14 Å². The first-order chi connectivity index (χ1) is 5.43. The molecule has 72 valence electrons. The number of hydroxylamine groups is 1. The van der Waals surface area contributed by atoms with Crippen LogP contribution in [0.2, 0.25) is 0 Å². The van der Waals surface area contributed by atoms with Crippen molar-refractivity contribution in [3.63, 3.8) is 0 Å². The Kier molecular flexibility index (Phi) is 4.15. The van der Waals surface area contributed by atoms with Gasteiger partial charge in [0.25, 0.3) is 5.91 Å². The Morgan fingerprint density at radius 2 is 2.17 bits per heavy atom. The Morgan fingerprint density at radius 3 is 2.42 bits per heavy atom. The smallest absolute Gasteiger partial charge is 0.263 e. The van der Waals surface area contributed by atoms with E-state index in [1.165, 1.54) is 5.48 Å². The van der Waals surface area contributed by atoms with Gasteiger partial charge in [-0.05, 0) is 6.42 Å². The molecule has 0 saturated carbocycles. The third-order valence-corrected chi connectivity index (χ3v) is 2.59. The van der Waals surface area contributed by atoms with Crippen LogP contribution in [0, 0.1) is 0 Å². The van der Waals surface area contributed by atoms with Crippen LogP contribution < -0.4 is 10.6 Å². The molecule has 0 radical (unpaired) electrons. The van der Waals surface area contributed by atoms with Crippen LogP contribution >= 0.6 is 0 Å². The van der Waals surface area contributed by atoms with Gasteiger partial charge >= 0.3 is 0 Å². The van der Waals surface area contributed by atoms with E-state index in [9.17, 15) is 13.2 Å². The molecule has 0 rings (SSSR count). The SMILES string of the molecule is CCCC(C(=O)NO)S(N)(=O)=O.